The van der Waals surface area contributed by atoms with Crippen LogP contribution in [0.2, 0.25) is 5.02 Å². The maximum absolute atomic E-state index is 13.3. The van der Waals surface area contributed by atoms with E-state index in [2.05, 4.69) is 4.98 Å². The fraction of sp³-hybridized carbons (Fsp3) is 0.115. The zero-order valence-corrected chi connectivity index (χ0v) is 19.8. The van der Waals surface area contributed by atoms with Crippen molar-refractivity contribution < 1.29 is 19.8 Å². The molecule has 1 aliphatic heterocycles. The Labute approximate surface area is 204 Å². The standard InChI is InChI=1S/C26H19ClN2O4S/c1-13-10-14(2)21-19(11-13)34-26(28-21)29-22(16-4-3-5-18(30)12-16)20(24(32)25(29)33)23(31)15-6-8-17(27)9-7-15/h3-12,22,30-31H,1-2H3. The van der Waals surface area contributed by atoms with Crippen LogP contribution in [0.4, 0.5) is 5.13 Å². The number of fused-ring (bicyclic) bond motifs is 1. The number of hydrogen-bond donors (Lipinski definition) is 2. The second-order valence-electron chi connectivity index (χ2n) is 8.20. The molecule has 2 N–H and O–H groups in total. The fourth-order valence-electron chi connectivity index (χ4n) is 4.27. The number of aliphatic hydroxyl groups excluding tert-OH is 1. The Morgan fingerprint density at radius 2 is 1.79 bits per heavy atom. The SMILES string of the molecule is Cc1cc(C)c2nc(N3C(=O)C(=O)C(=C(O)c4ccc(Cl)cc4)C3c3cccc(O)c3)sc2c1. The predicted octanol–water partition coefficient (Wildman–Crippen LogP) is 5.90. The van der Waals surface area contributed by atoms with E-state index in [-0.39, 0.29) is 17.1 Å². The van der Waals surface area contributed by atoms with E-state index >= 15 is 0 Å². The summed E-state index contributed by atoms with van der Waals surface area (Å²) in [6.45, 7) is 3.93. The van der Waals surface area contributed by atoms with Gasteiger partial charge in [0.15, 0.2) is 5.13 Å². The maximum atomic E-state index is 13.3. The molecule has 3 aromatic carbocycles. The van der Waals surface area contributed by atoms with E-state index in [0.29, 0.717) is 21.3 Å². The van der Waals surface area contributed by atoms with Crippen molar-refractivity contribution in [2.75, 3.05) is 4.90 Å². The van der Waals surface area contributed by atoms with Gasteiger partial charge in [0.05, 0.1) is 21.8 Å². The van der Waals surface area contributed by atoms with Crippen LogP contribution in [0.3, 0.4) is 0 Å². The van der Waals surface area contributed by atoms with Crippen molar-refractivity contribution in [2.45, 2.75) is 19.9 Å². The third kappa shape index (κ3) is 3.63. The van der Waals surface area contributed by atoms with E-state index in [1.807, 2.05) is 26.0 Å². The Morgan fingerprint density at radius 3 is 2.50 bits per heavy atom. The smallest absolute Gasteiger partial charge is 0.301 e. The molecule has 0 bridgehead atoms. The van der Waals surface area contributed by atoms with Gasteiger partial charge in [-0.1, -0.05) is 41.1 Å². The Kier molecular flexibility index (Phi) is 5.38. The first-order chi connectivity index (χ1) is 16.2. The van der Waals surface area contributed by atoms with E-state index in [0.717, 1.165) is 21.3 Å². The van der Waals surface area contributed by atoms with Gasteiger partial charge in [-0.05, 0) is 73.0 Å². The average molecular weight is 491 g/mol. The zero-order valence-electron chi connectivity index (χ0n) is 18.2. The van der Waals surface area contributed by atoms with Crippen LogP contribution in [0, 0.1) is 13.8 Å². The summed E-state index contributed by atoms with van der Waals surface area (Å²) in [4.78, 5) is 32.6. The number of carbonyl (C=O) groups excluding carboxylic acids is 2. The highest BCUT2D eigenvalue weighted by atomic mass is 35.5. The molecule has 0 aliphatic carbocycles. The molecular formula is C26H19ClN2O4S. The largest absolute Gasteiger partial charge is 0.508 e. The van der Waals surface area contributed by atoms with Gasteiger partial charge in [-0.15, -0.1) is 0 Å². The van der Waals surface area contributed by atoms with Crippen molar-refractivity contribution >= 4 is 55.7 Å². The van der Waals surface area contributed by atoms with Gasteiger partial charge in [-0.2, -0.15) is 0 Å². The van der Waals surface area contributed by atoms with Crippen LogP contribution in [0.5, 0.6) is 5.75 Å². The Bertz CT molecular complexity index is 1510. The number of aryl methyl sites for hydroxylation is 2. The summed E-state index contributed by atoms with van der Waals surface area (Å²) in [7, 11) is 0. The molecule has 1 amide bonds. The highest BCUT2D eigenvalue weighted by molar-refractivity contribution is 7.22. The molecule has 34 heavy (non-hydrogen) atoms. The van der Waals surface area contributed by atoms with E-state index in [4.69, 9.17) is 11.6 Å². The molecule has 1 aliphatic rings. The average Bonchev–Trinajstić information content (AvgIpc) is 3.33. The van der Waals surface area contributed by atoms with Crippen LogP contribution in [-0.4, -0.2) is 26.9 Å². The molecule has 1 saturated heterocycles. The zero-order chi connectivity index (χ0) is 24.1. The first kappa shape index (κ1) is 22.1. The lowest BCUT2D eigenvalue weighted by atomic mass is 9.95. The number of carbonyl (C=O) groups is 2. The van der Waals surface area contributed by atoms with Crippen LogP contribution in [0.25, 0.3) is 16.0 Å². The van der Waals surface area contributed by atoms with E-state index in [9.17, 15) is 19.8 Å². The number of rotatable bonds is 3. The number of halogens is 1. The van der Waals surface area contributed by atoms with E-state index < -0.39 is 17.7 Å². The molecule has 0 saturated carbocycles. The Hall–Kier alpha value is -3.68. The molecule has 1 unspecified atom stereocenters. The van der Waals surface area contributed by atoms with Crippen molar-refractivity contribution in [2.24, 2.45) is 0 Å². The molecule has 1 fully saturated rings. The van der Waals surface area contributed by atoms with Gasteiger partial charge < -0.3 is 10.2 Å². The van der Waals surface area contributed by atoms with Gasteiger partial charge in [-0.25, -0.2) is 4.98 Å². The molecule has 6 nitrogen and oxygen atoms in total. The van der Waals surface area contributed by atoms with Gasteiger partial charge in [0.2, 0.25) is 0 Å². The van der Waals surface area contributed by atoms with Crippen molar-refractivity contribution in [3.05, 3.63) is 93.5 Å². The highest BCUT2D eigenvalue weighted by Gasteiger charge is 2.48. The van der Waals surface area contributed by atoms with Crippen LogP contribution < -0.4 is 4.90 Å². The first-order valence-electron chi connectivity index (χ1n) is 10.5. The summed E-state index contributed by atoms with van der Waals surface area (Å²) in [6.07, 6.45) is 0. The fourth-order valence-corrected chi connectivity index (χ4v) is 5.56. The number of aromatic nitrogens is 1. The summed E-state index contributed by atoms with van der Waals surface area (Å²) in [5.41, 5.74) is 3.52. The number of ketones is 1. The number of Topliss-reactive ketones (excluding diaryl/α,β-unsaturated/α-hetero) is 1. The van der Waals surface area contributed by atoms with Gasteiger partial charge in [0.25, 0.3) is 5.78 Å². The number of thiazole rings is 1. The number of hydrogen-bond acceptors (Lipinski definition) is 6. The number of aliphatic hydroxyl groups is 1. The first-order valence-corrected chi connectivity index (χ1v) is 11.7. The summed E-state index contributed by atoms with van der Waals surface area (Å²) >= 11 is 7.27. The summed E-state index contributed by atoms with van der Waals surface area (Å²) in [6, 6.07) is 15.7. The number of aromatic hydroxyl groups is 1. The Balaban J connectivity index is 1.75. The summed E-state index contributed by atoms with van der Waals surface area (Å²) < 4.78 is 0.891. The third-order valence-electron chi connectivity index (χ3n) is 5.77. The van der Waals surface area contributed by atoms with Crippen LogP contribution in [0.1, 0.15) is 28.3 Å². The molecule has 0 radical (unpaired) electrons. The van der Waals surface area contributed by atoms with E-state index in [1.54, 1.807) is 36.4 Å². The third-order valence-corrected chi connectivity index (χ3v) is 7.03. The van der Waals surface area contributed by atoms with Crippen LogP contribution in [-0.2, 0) is 9.59 Å². The lowest BCUT2D eigenvalue weighted by Crippen LogP contribution is -2.29. The molecule has 170 valence electrons. The maximum Gasteiger partial charge on any atom is 0.301 e. The summed E-state index contributed by atoms with van der Waals surface area (Å²) in [5, 5.41) is 22.1. The normalized spacial score (nSPS) is 17.6. The molecule has 4 aromatic rings. The highest BCUT2D eigenvalue weighted by Crippen LogP contribution is 2.45. The lowest BCUT2D eigenvalue weighted by Gasteiger charge is -2.23. The number of benzene rings is 3. The second-order valence-corrected chi connectivity index (χ2v) is 9.64. The minimum absolute atomic E-state index is 0.0228. The molecule has 0 spiro atoms. The molecular weight excluding hydrogens is 472 g/mol. The van der Waals surface area contributed by atoms with Crippen LogP contribution in [0.15, 0.2) is 66.2 Å². The van der Waals surface area contributed by atoms with Crippen molar-refractivity contribution in [3.8, 4) is 5.75 Å². The number of nitrogens with zero attached hydrogens (tertiary/aromatic N) is 2. The topological polar surface area (TPSA) is 90.7 Å². The molecule has 1 atom stereocenters. The minimum Gasteiger partial charge on any atom is -0.508 e. The number of anilines is 1. The van der Waals surface area contributed by atoms with Gasteiger partial charge in [0.1, 0.15) is 11.5 Å². The monoisotopic (exact) mass is 490 g/mol. The minimum atomic E-state index is -0.968. The second kappa shape index (κ2) is 8.27. The van der Waals surface area contributed by atoms with E-state index in [1.165, 1.54) is 28.4 Å². The Morgan fingerprint density at radius 1 is 1.06 bits per heavy atom. The quantitative estimate of drug-likeness (QED) is 0.212. The van der Waals surface area contributed by atoms with Gasteiger partial charge >= 0.3 is 5.91 Å². The van der Waals surface area contributed by atoms with Gasteiger partial charge in [-0.3, -0.25) is 14.5 Å². The van der Waals surface area contributed by atoms with Crippen LogP contribution >= 0.6 is 22.9 Å². The molecule has 5 rings (SSSR count). The number of phenols is 1. The predicted molar refractivity (Wildman–Crippen MR) is 133 cm³/mol. The van der Waals surface area contributed by atoms with Crippen molar-refractivity contribution in [3.63, 3.8) is 0 Å². The van der Waals surface area contributed by atoms with Crippen molar-refractivity contribution in [1.29, 1.82) is 0 Å². The summed E-state index contributed by atoms with van der Waals surface area (Å²) in [5.74, 6) is -1.96. The molecule has 1 aromatic heterocycles. The van der Waals surface area contributed by atoms with Crippen molar-refractivity contribution in [1.82, 2.24) is 4.98 Å². The number of amides is 1. The lowest BCUT2D eigenvalue weighted by molar-refractivity contribution is -0.132. The molecule has 2 heterocycles. The van der Waals surface area contributed by atoms with Gasteiger partial charge in [0, 0.05) is 10.6 Å². The number of phenolic OH excluding ortho intramolecular Hbond substituents is 1. The molecule has 8 heteroatoms.